The van der Waals surface area contributed by atoms with E-state index in [4.69, 9.17) is 9.47 Å². The van der Waals surface area contributed by atoms with E-state index in [1.54, 1.807) is 7.11 Å². The summed E-state index contributed by atoms with van der Waals surface area (Å²) in [5, 5.41) is 3.40. The van der Waals surface area contributed by atoms with E-state index in [-0.39, 0.29) is 0 Å². The molecule has 4 heteroatoms. The predicted octanol–water partition coefficient (Wildman–Crippen LogP) is 4.86. The van der Waals surface area contributed by atoms with Gasteiger partial charge in [0.25, 0.3) is 0 Å². The maximum Gasteiger partial charge on any atom is 0.133 e. The molecule has 0 amide bonds. The van der Waals surface area contributed by atoms with Crippen LogP contribution >= 0.6 is 15.9 Å². The van der Waals surface area contributed by atoms with Gasteiger partial charge < -0.3 is 14.8 Å². The van der Waals surface area contributed by atoms with Gasteiger partial charge in [-0.3, -0.25) is 0 Å². The lowest BCUT2D eigenvalue weighted by Crippen LogP contribution is -2.01. The number of methoxy groups -OCH3 is 1. The number of nitrogens with one attached hydrogen (secondary N) is 1. The van der Waals surface area contributed by atoms with Gasteiger partial charge >= 0.3 is 0 Å². The first-order chi connectivity index (χ1) is 10.2. The first kappa shape index (κ1) is 15.7. The van der Waals surface area contributed by atoms with E-state index >= 15 is 0 Å². The van der Waals surface area contributed by atoms with Gasteiger partial charge in [0, 0.05) is 18.3 Å². The number of rotatable bonds is 7. The van der Waals surface area contributed by atoms with Gasteiger partial charge in [0.1, 0.15) is 11.5 Å². The molecule has 112 valence electrons. The zero-order valence-corrected chi connectivity index (χ0v) is 13.9. The van der Waals surface area contributed by atoms with Crippen molar-refractivity contribution < 1.29 is 9.47 Å². The van der Waals surface area contributed by atoms with Crippen LogP contribution in [0, 0.1) is 0 Å². The Balaban J connectivity index is 1.97. The molecule has 0 unspecified atom stereocenters. The highest BCUT2D eigenvalue weighted by Gasteiger charge is 2.02. The fraction of sp³-hybridized carbons (Fsp3) is 0.294. The smallest absolute Gasteiger partial charge is 0.133 e. The van der Waals surface area contributed by atoms with Crippen molar-refractivity contribution in [1.82, 2.24) is 0 Å². The summed E-state index contributed by atoms with van der Waals surface area (Å²) < 4.78 is 11.8. The lowest BCUT2D eigenvalue weighted by Gasteiger charge is -2.10. The van der Waals surface area contributed by atoms with Gasteiger partial charge in [-0.1, -0.05) is 19.1 Å². The summed E-state index contributed by atoms with van der Waals surface area (Å²) in [6.45, 7) is 3.60. The minimum atomic E-state index is 0.745. The van der Waals surface area contributed by atoms with Crippen molar-refractivity contribution in [3.63, 3.8) is 0 Å². The third-order valence-electron chi connectivity index (χ3n) is 3.02. The van der Waals surface area contributed by atoms with Crippen molar-refractivity contribution in [1.29, 1.82) is 0 Å². The average molecular weight is 350 g/mol. The molecule has 0 bridgehead atoms. The molecule has 0 spiro atoms. The van der Waals surface area contributed by atoms with Crippen LogP contribution in [-0.2, 0) is 6.54 Å². The van der Waals surface area contributed by atoms with Gasteiger partial charge in [-0.25, -0.2) is 0 Å². The Kier molecular flexibility index (Phi) is 5.93. The van der Waals surface area contributed by atoms with Crippen molar-refractivity contribution in [2.45, 2.75) is 19.9 Å². The summed E-state index contributed by atoms with van der Waals surface area (Å²) in [5.41, 5.74) is 2.23. The summed E-state index contributed by atoms with van der Waals surface area (Å²) in [6, 6.07) is 14.1. The summed E-state index contributed by atoms with van der Waals surface area (Å²) in [6.07, 6.45) is 1.01. The number of hydrogen-bond acceptors (Lipinski definition) is 3. The highest BCUT2D eigenvalue weighted by atomic mass is 79.9. The molecule has 3 nitrogen and oxygen atoms in total. The second-order valence-electron chi connectivity index (χ2n) is 4.70. The monoisotopic (exact) mass is 349 g/mol. The molecule has 0 aliphatic heterocycles. The van der Waals surface area contributed by atoms with Crippen molar-refractivity contribution in [3.05, 3.63) is 52.5 Å². The summed E-state index contributed by atoms with van der Waals surface area (Å²) in [7, 11) is 1.67. The van der Waals surface area contributed by atoms with Gasteiger partial charge in [0.15, 0.2) is 0 Å². The van der Waals surface area contributed by atoms with Crippen LogP contribution in [0.1, 0.15) is 18.9 Å². The third kappa shape index (κ3) is 4.67. The van der Waals surface area contributed by atoms with Crippen LogP contribution in [0.15, 0.2) is 46.9 Å². The molecule has 0 heterocycles. The molecule has 0 aliphatic rings. The topological polar surface area (TPSA) is 30.5 Å². The van der Waals surface area contributed by atoms with Crippen molar-refractivity contribution >= 4 is 21.6 Å². The van der Waals surface area contributed by atoms with E-state index in [0.717, 1.165) is 41.2 Å². The summed E-state index contributed by atoms with van der Waals surface area (Å²) in [5.74, 6) is 1.74. The van der Waals surface area contributed by atoms with E-state index in [2.05, 4.69) is 34.2 Å². The quantitative estimate of drug-likeness (QED) is 0.774. The Bertz CT molecular complexity index is 587. The van der Waals surface area contributed by atoms with Gasteiger partial charge in [0.05, 0.1) is 18.2 Å². The number of anilines is 1. The fourth-order valence-corrected chi connectivity index (χ4v) is 2.53. The number of benzene rings is 2. The molecule has 1 N–H and O–H groups in total. The van der Waals surface area contributed by atoms with Crippen molar-refractivity contribution in [2.75, 3.05) is 19.0 Å². The molecule has 2 aromatic carbocycles. The lowest BCUT2D eigenvalue weighted by atomic mass is 10.2. The maximum atomic E-state index is 5.63. The van der Waals surface area contributed by atoms with Crippen molar-refractivity contribution in [3.8, 4) is 11.5 Å². The minimum absolute atomic E-state index is 0.745. The molecular formula is C17H20BrNO2. The number of halogens is 1. The van der Waals surface area contributed by atoms with Crippen LogP contribution in [0.5, 0.6) is 11.5 Å². The second-order valence-corrected chi connectivity index (χ2v) is 5.55. The van der Waals surface area contributed by atoms with Gasteiger partial charge in [-0.05, 0) is 52.2 Å². The summed E-state index contributed by atoms with van der Waals surface area (Å²) >= 11 is 3.50. The largest absolute Gasteiger partial charge is 0.496 e. The van der Waals surface area contributed by atoms with Crippen LogP contribution in [-0.4, -0.2) is 13.7 Å². The van der Waals surface area contributed by atoms with Crippen LogP contribution in [0.3, 0.4) is 0 Å². The molecule has 0 aromatic heterocycles. The van der Waals surface area contributed by atoms with E-state index in [1.807, 2.05) is 36.4 Å². The van der Waals surface area contributed by atoms with Crippen LogP contribution in [0.25, 0.3) is 0 Å². The molecule has 0 radical (unpaired) electrons. The highest BCUT2D eigenvalue weighted by Crippen LogP contribution is 2.26. The molecule has 0 saturated heterocycles. The zero-order valence-electron chi connectivity index (χ0n) is 12.4. The van der Waals surface area contributed by atoms with Gasteiger partial charge in [-0.15, -0.1) is 0 Å². The summed E-state index contributed by atoms with van der Waals surface area (Å²) in [4.78, 5) is 0. The molecular weight excluding hydrogens is 330 g/mol. The van der Waals surface area contributed by atoms with Crippen molar-refractivity contribution in [2.24, 2.45) is 0 Å². The Morgan fingerprint density at radius 1 is 1.14 bits per heavy atom. The molecule has 21 heavy (non-hydrogen) atoms. The van der Waals surface area contributed by atoms with Gasteiger partial charge in [-0.2, -0.15) is 0 Å². The molecule has 2 rings (SSSR count). The first-order valence-electron chi connectivity index (χ1n) is 7.02. The van der Waals surface area contributed by atoms with Gasteiger partial charge in [0.2, 0.25) is 0 Å². The molecule has 0 fully saturated rings. The fourth-order valence-electron chi connectivity index (χ4n) is 1.94. The molecule has 0 atom stereocenters. The van der Waals surface area contributed by atoms with Crippen LogP contribution < -0.4 is 14.8 Å². The van der Waals surface area contributed by atoms with E-state index in [1.165, 1.54) is 5.56 Å². The molecule has 0 saturated carbocycles. The Hall–Kier alpha value is -1.68. The SMILES string of the molecule is CCCOc1cccc(NCc2ccc(OC)c(Br)c2)c1. The molecule has 0 aliphatic carbocycles. The van der Waals surface area contributed by atoms with E-state index < -0.39 is 0 Å². The van der Waals surface area contributed by atoms with E-state index in [9.17, 15) is 0 Å². The Morgan fingerprint density at radius 2 is 2.00 bits per heavy atom. The van der Waals surface area contributed by atoms with Crippen LogP contribution in [0.4, 0.5) is 5.69 Å². The third-order valence-corrected chi connectivity index (χ3v) is 3.64. The lowest BCUT2D eigenvalue weighted by molar-refractivity contribution is 0.317. The minimum Gasteiger partial charge on any atom is -0.496 e. The molecule has 2 aromatic rings. The van der Waals surface area contributed by atoms with Crippen LogP contribution in [0.2, 0.25) is 0 Å². The standard InChI is InChI=1S/C17H20BrNO2/c1-3-9-21-15-6-4-5-14(11-15)19-12-13-7-8-17(20-2)16(18)10-13/h4-8,10-11,19H,3,9,12H2,1-2H3. The maximum absolute atomic E-state index is 5.63. The predicted molar refractivity (Wildman–Crippen MR) is 90.2 cm³/mol. The average Bonchev–Trinajstić information content (AvgIpc) is 2.51. The first-order valence-corrected chi connectivity index (χ1v) is 7.81. The van der Waals surface area contributed by atoms with E-state index in [0.29, 0.717) is 0 Å². The number of ether oxygens (including phenoxy) is 2. The highest BCUT2D eigenvalue weighted by molar-refractivity contribution is 9.10. The Morgan fingerprint density at radius 3 is 2.71 bits per heavy atom. The zero-order chi connectivity index (χ0) is 15.1. The Labute approximate surface area is 134 Å². The normalized spacial score (nSPS) is 10.2. The number of hydrogen-bond donors (Lipinski definition) is 1. The second kappa shape index (κ2) is 7.93.